The summed E-state index contributed by atoms with van der Waals surface area (Å²) in [6.45, 7) is 6.13. The van der Waals surface area contributed by atoms with Crippen molar-refractivity contribution in [1.82, 2.24) is 25.1 Å². The fourth-order valence-corrected chi connectivity index (χ4v) is 5.68. The first-order valence-electron chi connectivity index (χ1n) is 13.5. The lowest BCUT2D eigenvalue weighted by atomic mass is 9.86. The van der Waals surface area contributed by atoms with Crippen molar-refractivity contribution in [3.63, 3.8) is 0 Å². The number of hydrogen-bond donors (Lipinski definition) is 1. The highest BCUT2D eigenvalue weighted by molar-refractivity contribution is 6.30. The summed E-state index contributed by atoms with van der Waals surface area (Å²) < 4.78 is 13.8. The van der Waals surface area contributed by atoms with Crippen LogP contribution in [0.25, 0.3) is 5.69 Å². The van der Waals surface area contributed by atoms with E-state index in [-0.39, 0.29) is 12.2 Å². The van der Waals surface area contributed by atoms with E-state index in [1.165, 1.54) is 5.56 Å². The van der Waals surface area contributed by atoms with Crippen LogP contribution in [0.1, 0.15) is 76.0 Å². The standard InChI is InChI=1S/C29H36ClN5O3/c1-29(2,3)38-28(36)32-15-13-19-16-21-18-22(30)9-12-24(21)35-25(17-19)33-34-27(35)20-7-10-23(11-8-20)37-26-6-4-5-14-31-26/h4-6,9,12,14,18-20,23H,7-8,10-11,13,15-17H2,1-3H3,(H,32,36). The number of nitrogens with one attached hydrogen (secondary N) is 1. The topological polar surface area (TPSA) is 91.2 Å². The van der Waals surface area contributed by atoms with Gasteiger partial charge in [-0.25, -0.2) is 9.78 Å². The first kappa shape index (κ1) is 26.5. The molecule has 0 bridgehead atoms. The molecule has 8 nitrogen and oxygen atoms in total. The van der Waals surface area contributed by atoms with Crippen molar-refractivity contribution in [2.24, 2.45) is 5.92 Å². The Kier molecular flexibility index (Phi) is 7.88. The van der Waals surface area contributed by atoms with Gasteiger partial charge < -0.3 is 14.8 Å². The molecule has 2 aromatic heterocycles. The molecule has 1 amide bonds. The van der Waals surface area contributed by atoms with Gasteiger partial charge in [0.2, 0.25) is 5.88 Å². The highest BCUT2D eigenvalue weighted by atomic mass is 35.5. The normalized spacial score (nSPS) is 21.1. The van der Waals surface area contributed by atoms with Gasteiger partial charge in [-0.15, -0.1) is 10.2 Å². The number of halogens is 1. The summed E-state index contributed by atoms with van der Waals surface area (Å²) in [5.41, 5.74) is 1.78. The SMILES string of the molecule is CC(C)(C)OC(=O)NCCC1Cc2cc(Cl)ccc2-n2c(nnc2C2CCC(Oc3ccccn3)CC2)C1. The smallest absolute Gasteiger partial charge is 0.407 e. The molecular formula is C29H36ClN5O3. The van der Waals surface area contributed by atoms with Gasteiger partial charge >= 0.3 is 6.09 Å². The second-order valence-electron chi connectivity index (χ2n) is 11.3. The Morgan fingerprint density at radius 2 is 1.92 bits per heavy atom. The van der Waals surface area contributed by atoms with Gasteiger partial charge in [0.1, 0.15) is 23.4 Å². The Hall–Kier alpha value is -3.13. The summed E-state index contributed by atoms with van der Waals surface area (Å²) in [4.78, 5) is 16.4. The Bertz CT molecular complexity index is 1250. The number of carbonyl (C=O) groups is 1. The number of amides is 1. The Balaban J connectivity index is 1.29. The van der Waals surface area contributed by atoms with Crippen LogP contribution >= 0.6 is 11.6 Å². The highest BCUT2D eigenvalue weighted by Gasteiger charge is 2.32. The molecule has 1 atom stereocenters. The second kappa shape index (κ2) is 11.3. The third-order valence-electron chi connectivity index (χ3n) is 7.20. The maximum absolute atomic E-state index is 12.1. The fourth-order valence-electron chi connectivity index (χ4n) is 5.49. The molecule has 9 heteroatoms. The minimum absolute atomic E-state index is 0.167. The van der Waals surface area contributed by atoms with Crippen LogP contribution in [0.2, 0.25) is 5.02 Å². The molecule has 3 aromatic rings. The zero-order valence-electron chi connectivity index (χ0n) is 22.3. The van der Waals surface area contributed by atoms with Crippen LogP contribution in [0.3, 0.4) is 0 Å². The van der Waals surface area contributed by atoms with Gasteiger partial charge in [-0.2, -0.15) is 0 Å². The lowest BCUT2D eigenvalue weighted by Gasteiger charge is -2.28. The van der Waals surface area contributed by atoms with Crippen molar-refractivity contribution in [2.75, 3.05) is 6.54 Å². The summed E-state index contributed by atoms with van der Waals surface area (Å²) in [5.74, 6) is 3.28. The summed E-state index contributed by atoms with van der Waals surface area (Å²) >= 11 is 6.42. The van der Waals surface area contributed by atoms with Gasteiger partial charge in [-0.3, -0.25) is 4.57 Å². The predicted octanol–water partition coefficient (Wildman–Crippen LogP) is 6.05. The minimum atomic E-state index is -0.515. The largest absolute Gasteiger partial charge is 0.474 e. The first-order chi connectivity index (χ1) is 18.2. The summed E-state index contributed by atoms with van der Waals surface area (Å²) in [7, 11) is 0. The fraction of sp³-hybridized carbons (Fsp3) is 0.517. The van der Waals surface area contributed by atoms with E-state index in [0.29, 0.717) is 24.3 Å². The first-order valence-corrected chi connectivity index (χ1v) is 13.9. The number of fused-ring (bicyclic) bond motifs is 3. The van der Waals surface area contributed by atoms with Gasteiger partial charge in [0.05, 0.1) is 5.69 Å². The molecule has 38 heavy (non-hydrogen) atoms. The van der Waals surface area contributed by atoms with E-state index in [1.807, 2.05) is 45.0 Å². The van der Waals surface area contributed by atoms with Crippen LogP contribution in [-0.2, 0) is 17.6 Å². The van der Waals surface area contributed by atoms with E-state index in [2.05, 4.69) is 32.1 Å². The molecular weight excluding hydrogens is 502 g/mol. The third kappa shape index (κ3) is 6.46. The van der Waals surface area contributed by atoms with Crippen LogP contribution < -0.4 is 10.1 Å². The van der Waals surface area contributed by atoms with Crippen molar-refractivity contribution in [3.05, 3.63) is 64.8 Å². The van der Waals surface area contributed by atoms with Crippen molar-refractivity contribution < 1.29 is 14.3 Å². The van der Waals surface area contributed by atoms with E-state index in [0.717, 1.165) is 67.3 Å². The monoisotopic (exact) mass is 537 g/mol. The maximum Gasteiger partial charge on any atom is 0.407 e. The summed E-state index contributed by atoms with van der Waals surface area (Å²) in [5, 5.41) is 13.0. The number of aromatic nitrogens is 4. The number of hydrogen-bond acceptors (Lipinski definition) is 6. The molecule has 0 radical (unpaired) electrons. The molecule has 0 spiro atoms. The average molecular weight is 538 g/mol. The summed E-state index contributed by atoms with van der Waals surface area (Å²) in [6.07, 6.45) is 7.88. The van der Waals surface area contributed by atoms with Gasteiger partial charge in [-0.05, 0) is 95.0 Å². The Morgan fingerprint density at radius 3 is 2.66 bits per heavy atom. The maximum atomic E-state index is 12.1. The van der Waals surface area contributed by atoms with Gasteiger partial charge in [0.25, 0.3) is 0 Å². The zero-order chi connectivity index (χ0) is 26.7. The number of alkyl carbamates (subject to hydrolysis) is 1. The van der Waals surface area contributed by atoms with Crippen LogP contribution in [0, 0.1) is 5.92 Å². The van der Waals surface area contributed by atoms with E-state index >= 15 is 0 Å². The number of pyridine rings is 1. The van der Waals surface area contributed by atoms with Crippen LogP contribution in [0.5, 0.6) is 5.88 Å². The lowest BCUT2D eigenvalue weighted by molar-refractivity contribution is 0.0525. The Labute approximate surface area is 229 Å². The molecule has 0 saturated heterocycles. The van der Waals surface area contributed by atoms with Crippen molar-refractivity contribution in [2.45, 2.75) is 83.3 Å². The average Bonchev–Trinajstić information content (AvgIpc) is 3.20. The Morgan fingerprint density at radius 1 is 1.11 bits per heavy atom. The minimum Gasteiger partial charge on any atom is -0.474 e. The van der Waals surface area contributed by atoms with E-state index in [4.69, 9.17) is 26.2 Å². The highest BCUT2D eigenvalue weighted by Crippen LogP contribution is 2.38. The lowest BCUT2D eigenvalue weighted by Crippen LogP contribution is -2.33. The molecule has 1 N–H and O–H groups in total. The van der Waals surface area contributed by atoms with Crippen molar-refractivity contribution >= 4 is 17.7 Å². The van der Waals surface area contributed by atoms with Gasteiger partial charge in [-0.1, -0.05) is 17.7 Å². The third-order valence-corrected chi connectivity index (χ3v) is 7.44. The molecule has 1 unspecified atom stereocenters. The molecule has 202 valence electrons. The molecule has 1 fully saturated rings. The number of nitrogens with zero attached hydrogens (tertiary/aromatic N) is 4. The molecule has 1 saturated carbocycles. The molecule has 1 aliphatic heterocycles. The van der Waals surface area contributed by atoms with Crippen LogP contribution in [-0.4, -0.2) is 44.1 Å². The van der Waals surface area contributed by atoms with Gasteiger partial charge in [0.15, 0.2) is 0 Å². The van der Waals surface area contributed by atoms with Crippen molar-refractivity contribution in [1.29, 1.82) is 0 Å². The van der Waals surface area contributed by atoms with Crippen LogP contribution in [0.4, 0.5) is 4.79 Å². The molecule has 1 aliphatic carbocycles. The number of rotatable bonds is 6. The number of ether oxygens (including phenoxy) is 2. The van der Waals surface area contributed by atoms with E-state index in [1.54, 1.807) is 6.20 Å². The van der Waals surface area contributed by atoms with Gasteiger partial charge in [0, 0.05) is 36.2 Å². The summed E-state index contributed by atoms with van der Waals surface area (Å²) in [6, 6.07) is 11.8. The number of benzene rings is 1. The molecule has 3 heterocycles. The predicted molar refractivity (Wildman–Crippen MR) is 146 cm³/mol. The van der Waals surface area contributed by atoms with E-state index < -0.39 is 5.60 Å². The quantitative estimate of drug-likeness (QED) is 0.411. The number of carbonyl (C=O) groups excluding carboxylic acids is 1. The molecule has 5 rings (SSSR count). The van der Waals surface area contributed by atoms with Crippen LogP contribution in [0.15, 0.2) is 42.6 Å². The van der Waals surface area contributed by atoms with E-state index in [9.17, 15) is 4.79 Å². The second-order valence-corrected chi connectivity index (χ2v) is 11.8. The van der Waals surface area contributed by atoms with Crippen molar-refractivity contribution in [3.8, 4) is 11.6 Å². The zero-order valence-corrected chi connectivity index (χ0v) is 23.1. The molecule has 2 aliphatic rings. The molecule has 1 aromatic carbocycles.